The van der Waals surface area contributed by atoms with E-state index in [1.54, 1.807) is 6.07 Å². The zero-order chi connectivity index (χ0) is 13.3. The van der Waals surface area contributed by atoms with Gasteiger partial charge in [-0.25, -0.2) is 0 Å². The van der Waals surface area contributed by atoms with Crippen LogP contribution in [0.1, 0.15) is 23.7 Å². The summed E-state index contributed by atoms with van der Waals surface area (Å²) in [6.07, 6.45) is 0.997. The summed E-state index contributed by atoms with van der Waals surface area (Å²) >= 11 is 13.0. The second-order valence-electron chi connectivity index (χ2n) is 4.66. The molecule has 1 fully saturated rings. The minimum absolute atomic E-state index is 0.0654. The molecule has 1 saturated heterocycles. The molecular weight excluding hydrogens is 381 g/mol. The van der Waals surface area contributed by atoms with Crippen molar-refractivity contribution >= 4 is 49.4 Å². The first-order valence-corrected chi connectivity index (χ1v) is 7.96. The van der Waals surface area contributed by atoms with E-state index in [0.29, 0.717) is 21.3 Å². The molecule has 0 N–H and O–H groups in total. The van der Waals surface area contributed by atoms with Crippen molar-refractivity contribution in [2.75, 3.05) is 13.1 Å². The van der Waals surface area contributed by atoms with Gasteiger partial charge in [-0.3, -0.25) is 4.79 Å². The molecule has 0 spiro atoms. The van der Waals surface area contributed by atoms with Crippen LogP contribution in [0.4, 0.5) is 0 Å². The molecule has 2 atom stereocenters. The Morgan fingerprint density at radius 1 is 1.50 bits per heavy atom. The number of likely N-dealkylation sites (tertiary alicyclic amines) is 1. The van der Waals surface area contributed by atoms with Crippen LogP contribution in [0, 0.1) is 5.92 Å². The summed E-state index contributed by atoms with van der Waals surface area (Å²) in [5.74, 6) is 0.546. The Labute approximate surface area is 129 Å². The van der Waals surface area contributed by atoms with Gasteiger partial charge in [0.05, 0.1) is 5.02 Å². The lowest BCUT2D eigenvalue weighted by Gasteiger charge is -2.34. The number of carbonyl (C=O) groups excluding carboxylic acids is 1. The number of benzene rings is 1. The molecular formula is C13H14Br2ClNO. The fourth-order valence-electron chi connectivity index (χ4n) is 2.11. The number of amides is 1. The molecule has 1 amide bonds. The van der Waals surface area contributed by atoms with Crippen LogP contribution in [0.3, 0.4) is 0 Å². The van der Waals surface area contributed by atoms with Gasteiger partial charge in [-0.15, -0.1) is 0 Å². The summed E-state index contributed by atoms with van der Waals surface area (Å²) in [6, 6.07) is 5.35. The highest BCUT2D eigenvalue weighted by Crippen LogP contribution is 2.27. The number of alkyl halides is 1. The standard InChI is InChI=1S/C13H14Br2ClNO/c1-8-7-17(5-4-10(8)14)13(18)9-2-3-11(15)12(16)6-9/h2-3,6,8,10H,4-5,7H2,1H3. The SMILES string of the molecule is CC1CN(C(=O)c2ccc(Br)c(Cl)c2)CCC1Br. The third-order valence-corrected chi connectivity index (χ3v) is 5.85. The average molecular weight is 396 g/mol. The van der Waals surface area contributed by atoms with Crippen molar-refractivity contribution in [3.05, 3.63) is 33.3 Å². The summed E-state index contributed by atoms with van der Waals surface area (Å²) in [6.45, 7) is 3.75. The van der Waals surface area contributed by atoms with E-state index < -0.39 is 0 Å². The highest BCUT2D eigenvalue weighted by Gasteiger charge is 2.27. The fraction of sp³-hybridized carbons (Fsp3) is 0.462. The van der Waals surface area contributed by atoms with Gasteiger partial charge < -0.3 is 4.90 Å². The van der Waals surface area contributed by atoms with Gasteiger partial charge in [0.2, 0.25) is 0 Å². The fourth-order valence-corrected chi connectivity index (χ4v) is 2.91. The first kappa shape index (κ1) is 14.4. The normalized spacial score (nSPS) is 24.1. The highest BCUT2D eigenvalue weighted by molar-refractivity contribution is 9.10. The molecule has 0 saturated carbocycles. The molecule has 2 nitrogen and oxygen atoms in total. The minimum Gasteiger partial charge on any atom is -0.338 e. The Hall–Kier alpha value is -0.0600. The molecule has 18 heavy (non-hydrogen) atoms. The Kier molecular flexibility index (Phi) is 4.73. The Bertz CT molecular complexity index is 466. The summed E-state index contributed by atoms with van der Waals surface area (Å²) in [4.78, 5) is 14.8. The molecule has 5 heteroatoms. The van der Waals surface area contributed by atoms with Crippen LogP contribution in [0.25, 0.3) is 0 Å². The maximum Gasteiger partial charge on any atom is 0.253 e. The van der Waals surface area contributed by atoms with E-state index >= 15 is 0 Å². The van der Waals surface area contributed by atoms with Crippen molar-refractivity contribution in [1.82, 2.24) is 4.90 Å². The van der Waals surface area contributed by atoms with E-state index in [-0.39, 0.29) is 5.91 Å². The lowest BCUT2D eigenvalue weighted by atomic mass is 9.99. The average Bonchev–Trinajstić information content (AvgIpc) is 2.35. The van der Waals surface area contributed by atoms with E-state index in [4.69, 9.17) is 11.6 Å². The van der Waals surface area contributed by atoms with Crippen LogP contribution in [-0.4, -0.2) is 28.7 Å². The number of hydrogen-bond donors (Lipinski definition) is 0. The summed E-state index contributed by atoms with van der Waals surface area (Å²) in [5.41, 5.74) is 0.656. The van der Waals surface area contributed by atoms with Crippen molar-refractivity contribution in [2.45, 2.75) is 18.2 Å². The molecule has 98 valence electrons. The van der Waals surface area contributed by atoms with E-state index in [9.17, 15) is 4.79 Å². The van der Waals surface area contributed by atoms with Gasteiger partial charge in [0.25, 0.3) is 5.91 Å². The smallest absolute Gasteiger partial charge is 0.253 e. The van der Waals surface area contributed by atoms with Crippen molar-refractivity contribution in [3.8, 4) is 0 Å². The van der Waals surface area contributed by atoms with Crippen LogP contribution in [0.5, 0.6) is 0 Å². The van der Waals surface area contributed by atoms with Gasteiger partial charge in [0.15, 0.2) is 0 Å². The molecule has 1 aliphatic rings. The lowest BCUT2D eigenvalue weighted by molar-refractivity contribution is 0.0690. The lowest BCUT2D eigenvalue weighted by Crippen LogP contribution is -2.43. The number of rotatable bonds is 1. The monoisotopic (exact) mass is 393 g/mol. The van der Waals surface area contributed by atoms with Gasteiger partial charge in [-0.05, 0) is 46.5 Å². The maximum absolute atomic E-state index is 12.4. The second-order valence-corrected chi connectivity index (χ2v) is 7.10. The quantitative estimate of drug-likeness (QED) is 0.648. The Morgan fingerprint density at radius 3 is 2.83 bits per heavy atom. The predicted molar refractivity (Wildman–Crippen MR) is 81.6 cm³/mol. The summed E-state index contributed by atoms with van der Waals surface area (Å²) < 4.78 is 0.813. The molecule has 1 aromatic rings. The zero-order valence-corrected chi connectivity index (χ0v) is 13.9. The van der Waals surface area contributed by atoms with Gasteiger partial charge in [0.1, 0.15) is 0 Å². The van der Waals surface area contributed by atoms with Crippen LogP contribution < -0.4 is 0 Å². The largest absolute Gasteiger partial charge is 0.338 e. The second kappa shape index (κ2) is 5.93. The maximum atomic E-state index is 12.4. The van der Waals surface area contributed by atoms with Gasteiger partial charge >= 0.3 is 0 Å². The summed E-state index contributed by atoms with van der Waals surface area (Å²) in [7, 11) is 0. The van der Waals surface area contributed by atoms with Crippen LogP contribution in [-0.2, 0) is 0 Å². The first-order valence-electron chi connectivity index (χ1n) is 5.87. The molecule has 0 bridgehead atoms. The number of nitrogens with zero attached hydrogens (tertiary/aromatic N) is 1. The van der Waals surface area contributed by atoms with E-state index in [0.717, 1.165) is 24.0 Å². The highest BCUT2D eigenvalue weighted by atomic mass is 79.9. The number of halogens is 3. The van der Waals surface area contributed by atoms with E-state index in [2.05, 4.69) is 38.8 Å². The molecule has 1 aliphatic heterocycles. The third-order valence-electron chi connectivity index (χ3n) is 3.25. The predicted octanol–water partition coefficient (Wildman–Crippen LogP) is 4.35. The molecule has 2 unspecified atom stereocenters. The molecule has 0 aliphatic carbocycles. The van der Waals surface area contributed by atoms with E-state index in [1.807, 2.05) is 17.0 Å². The molecule has 0 radical (unpaired) electrons. The van der Waals surface area contributed by atoms with Crippen molar-refractivity contribution in [1.29, 1.82) is 0 Å². The summed E-state index contributed by atoms with van der Waals surface area (Å²) in [5, 5.41) is 0.573. The Morgan fingerprint density at radius 2 is 2.22 bits per heavy atom. The van der Waals surface area contributed by atoms with Crippen molar-refractivity contribution in [2.24, 2.45) is 5.92 Å². The minimum atomic E-state index is 0.0654. The van der Waals surface area contributed by atoms with Gasteiger partial charge in [0, 0.05) is 28.0 Å². The topological polar surface area (TPSA) is 20.3 Å². The van der Waals surface area contributed by atoms with E-state index in [1.165, 1.54) is 0 Å². The van der Waals surface area contributed by atoms with Crippen LogP contribution in [0.2, 0.25) is 5.02 Å². The molecule has 1 heterocycles. The van der Waals surface area contributed by atoms with Crippen molar-refractivity contribution in [3.63, 3.8) is 0 Å². The Balaban J connectivity index is 2.14. The number of hydrogen-bond acceptors (Lipinski definition) is 1. The number of piperidine rings is 1. The third kappa shape index (κ3) is 3.09. The van der Waals surface area contributed by atoms with Crippen molar-refractivity contribution < 1.29 is 4.79 Å². The molecule has 0 aromatic heterocycles. The van der Waals surface area contributed by atoms with Crippen LogP contribution >= 0.6 is 43.5 Å². The zero-order valence-electron chi connectivity index (χ0n) is 10.00. The number of carbonyl (C=O) groups is 1. The first-order chi connectivity index (χ1) is 8.49. The van der Waals surface area contributed by atoms with Crippen LogP contribution in [0.15, 0.2) is 22.7 Å². The van der Waals surface area contributed by atoms with Gasteiger partial charge in [-0.1, -0.05) is 34.5 Å². The van der Waals surface area contributed by atoms with Gasteiger partial charge in [-0.2, -0.15) is 0 Å². The molecule has 2 rings (SSSR count). The molecule has 1 aromatic carbocycles.